The number of nitrogens with zero attached hydrogens (tertiary/aromatic N) is 1. The molecule has 2 unspecified atom stereocenters. The van der Waals surface area contributed by atoms with Gasteiger partial charge in [-0.25, -0.2) is 4.79 Å². The number of ether oxygens (including phenoxy) is 1. The third-order valence-corrected chi connectivity index (χ3v) is 6.57. The number of nitrogens with one attached hydrogen (secondary N) is 2. The number of carbonyl (C=O) groups is 3. The zero-order valence-corrected chi connectivity index (χ0v) is 20.4. The number of hydrogen-bond donors (Lipinski definition) is 2. The predicted octanol–water partition coefficient (Wildman–Crippen LogP) is 4.56. The first kappa shape index (κ1) is 25.7. The van der Waals surface area contributed by atoms with E-state index in [9.17, 15) is 14.4 Å². The highest BCUT2D eigenvalue weighted by Gasteiger charge is 2.32. The van der Waals surface area contributed by atoms with E-state index in [1.54, 1.807) is 42.5 Å². The first-order valence-electron chi connectivity index (χ1n) is 11.0. The summed E-state index contributed by atoms with van der Waals surface area (Å²) >= 11 is 12.2. The number of hydrogen-bond acceptors (Lipinski definition) is 5. The van der Waals surface area contributed by atoms with Crippen molar-refractivity contribution >= 4 is 53.4 Å². The van der Waals surface area contributed by atoms with Gasteiger partial charge in [0.15, 0.2) is 0 Å². The van der Waals surface area contributed by atoms with Gasteiger partial charge in [-0.2, -0.15) is 0 Å². The molecular weight excluding hydrogens is 477 g/mol. The molecule has 7 nitrogen and oxygen atoms in total. The molecule has 34 heavy (non-hydrogen) atoms. The average molecular weight is 504 g/mol. The van der Waals surface area contributed by atoms with Crippen LogP contribution in [0.3, 0.4) is 0 Å². The lowest BCUT2D eigenvalue weighted by Gasteiger charge is -2.19. The third kappa shape index (κ3) is 6.58. The van der Waals surface area contributed by atoms with E-state index < -0.39 is 17.9 Å². The second-order valence-electron chi connectivity index (χ2n) is 8.32. The predicted molar refractivity (Wildman–Crippen MR) is 134 cm³/mol. The summed E-state index contributed by atoms with van der Waals surface area (Å²) in [6.45, 7) is 4.17. The molecule has 0 spiro atoms. The minimum absolute atomic E-state index is 0.145. The molecule has 0 heterocycles. The molecule has 1 aliphatic rings. The van der Waals surface area contributed by atoms with Gasteiger partial charge in [0.05, 0.1) is 22.7 Å². The van der Waals surface area contributed by atoms with Crippen molar-refractivity contribution in [2.75, 3.05) is 19.0 Å². The van der Waals surface area contributed by atoms with Gasteiger partial charge in [0, 0.05) is 24.6 Å². The topological polar surface area (TPSA) is 96.9 Å². The molecule has 2 amide bonds. The molecule has 2 N–H and O–H groups in total. The average Bonchev–Trinajstić information content (AvgIpc) is 3.28. The Morgan fingerprint density at radius 3 is 2.41 bits per heavy atom. The Kier molecular flexibility index (Phi) is 9.07. The molecule has 9 heteroatoms. The van der Waals surface area contributed by atoms with Crippen molar-refractivity contribution in [2.45, 2.75) is 31.7 Å². The van der Waals surface area contributed by atoms with Crippen LogP contribution in [0.1, 0.15) is 35.2 Å². The van der Waals surface area contributed by atoms with Crippen molar-refractivity contribution in [2.24, 2.45) is 16.8 Å². The number of benzene rings is 2. The van der Waals surface area contributed by atoms with Crippen molar-refractivity contribution in [1.29, 1.82) is 0 Å². The van der Waals surface area contributed by atoms with Crippen LogP contribution in [-0.2, 0) is 20.7 Å². The van der Waals surface area contributed by atoms with Crippen LogP contribution >= 0.6 is 23.2 Å². The molecule has 1 saturated carbocycles. The number of esters is 1. The number of carbonyl (C=O) groups excluding carboxylic acids is 3. The van der Waals surface area contributed by atoms with Crippen LogP contribution < -0.4 is 10.6 Å². The first-order chi connectivity index (χ1) is 16.3. The largest absolute Gasteiger partial charge is 0.467 e. The Labute approximate surface area is 208 Å². The maximum absolute atomic E-state index is 12.7. The molecule has 2 aromatic rings. The molecule has 180 valence electrons. The zero-order valence-electron chi connectivity index (χ0n) is 18.9. The Morgan fingerprint density at radius 2 is 1.79 bits per heavy atom. The van der Waals surface area contributed by atoms with E-state index in [0.29, 0.717) is 18.2 Å². The molecule has 0 radical (unpaired) electrons. The summed E-state index contributed by atoms with van der Waals surface area (Å²) < 4.78 is 4.90. The van der Waals surface area contributed by atoms with E-state index in [1.165, 1.54) is 7.11 Å². The van der Waals surface area contributed by atoms with E-state index in [0.717, 1.165) is 24.8 Å². The van der Waals surface area contributed by atoms with Gasteiger partial charge in [0.2, 0.25) is 5.91 Å². The van der Waals surface area contributed by atoms with Gasteiger partial charge in [0.25, 0.3) is 5.91 Å². The summed E-state index contributed by atoms with van der Waals surface area (Å²) in [6.07, 6.45) is 2.69. The molecule has 0 aliphatic heterocycles. The summed E-state index contributed by atoms with van der Waals surface area (Å²) in [5, 5.41) is 6.11. The fraction of sp³-hybridized carbons (Fsp3) is 0.360. The number of halogens is 2. The first-order valence-corrected chi connectivity index (χ1v) is 11.7. The van der Waals surface area contributed by atoms with Gasteiger partial charge >= 0.3 is 5.97 Å². The van der Waals surface area contributed by atoms with Gasteiger partial charge < -0.3 is 20.4 Å². The van der Waals surface area contributed by atoms with E-state index in [4.69, 9.17) is 27.9 Å². The second kappa shape index (κ2) is 12.0. The van der Waals surface area contributed by atoms with Crippen LogP contribution in [0.15, 0.2) is 47.5 Å². The van der Waals surface area contributed by atoms with Crippen molar-refractivity contribution in [3.63, 3.8) is 0 Å². The molecule has 1 fully saturated rings. The molecule has 2 aromatic carbocycles. The number of aliphatic imine (C=N–C) groups is 1. The zero-order chi connectivity index (χ0) is 24.7. The lowest BCUT2D eigenvalue weighted by Crippen LogP contribution is -2.45. The molecule has 1 aliphatic carbocycles. The monoisotopic (exact) mass is 503 g/mol. The second-order valence-corrected chi connectivity index (χ2v) is 9.13. The fourth-order valence-corrected chi connectivity index (χ4v) is 4.72. The maximum atomic E-state index is 12.7. The van der Waals surface area contributed by atoms with Gasteiger partial charge in [-0.15, -0.1) is 0 Å². The highest BCUT2D eigenvalue weighted by atomic mass is 35.5. The number of anilines is 1. The van der Waals surface area contributed by atoms with E-state index in [-0.39, 0.29) is 33.9 Å². The Bertz CT molecular complexity index is 1040. The normalized spacial score (nSPS) is 18.1. The lowest BCUT2D eigenvalue weighted by molar-refractivity contribution is -0.145. The highest BCUT2D eigenvalue weighted by Crippen LogP contribution is 2.31. The van der Waals surface area contributed by atoms with E-state index in [1.807, 2.05) is 0 Å². The SMILES string of the molecule is C=NCC1CCC(C(=O)N[C@@H](Cc2ccc(NC(=O)c3c(Cl)cccc3Cl)cc2)C(=O)OC)C1. The quantitative estimate of drug-likeness (QED) is 0.387. The van der Waals surface area contributed by atoms with Gasteiger partial charge in [-0.05, 0) is 61.7 Å². The van der Waals surface area contributed by atoms with Gasteiger partial charge in [-0.3, -0.25) is 9.59 Å². The number of rotatable bonds is 9. The summed E-state index contributed by atoms with van der Waals surface area (Å²) in [4.78, 5) is 41.6. The standard InChI is InChI=1S/C25H27Cl2N3O4/c1-28-14-16-6-9-17(12-16)23(31)30-21(25(33)34-2)13-15-7-10-18(11-8-15)29-24(32)22-19(26)4-3-5-20(22)27/h3-5,7-8,10-11,16-17,21H,1,6,9,12-14H2,2H3,(H,29,32)(H,30,31)/t16?,17?,21-/m0/s1. The van der Waals surface area contributed by atoms with Crippen molar-refractivity contribution < 1.29 is 19.1 Å². The van der Waals surface area contributed by atoms with E-state index >= 15 is 0 Å². The number of methoxy groups -OCH3 is 1. The molecule has 0 saturated heterocycles. The van der Waals surface area contributed by atoms with Crippen molar-refractivity contribution in [1.82, 2.24) is 5.32 Å². The summed E-state index contributed by atoms with van der Waals surface area (Å²) in [5.74, 6) is -0.880. The summed E-state index contributed by atoms with van der Waals surface area (Å²) in [5.41, 5.74) is 1.53. The Balaban J connectivity index is 1.63. The van der Waals surface area contributed by atoms with Gasteiger partial charge in [-0.1, -0.05) is 41.4 Å². The Hall–Kier alpha value is -2.90. The van der Waals surface area contributed by atoms with E-state index in [2.05, 4.69) is 22.3 Å². The molecular formula is C25H27Cl2N3O4. The molecule has 3 atom stereocenters. The fourth-order valence-electron chi connectivity index (χ4n) is 4.15. The van der Waals surface area contributed by atoms with Crippen LogP contribution in [0.4, 0.5) is 5.69 Å². The van der Waals surface area contributed by atoms with Crippen LogP contribution in [0.2, 0.25) is 10.0 Å². The van der Waals surface area contributed by atoms with Crippen LogP contribution in [0.5, 0.6) is 0 Å². The smallest absolute Gasteiger partial charge is 0.328 e. The van der Waals surface area contributed by atoms with Crippen LogP contribution in [-0.4, -0.2) is 44.2 Å². The van der Waals surface area contributed by atoms with Crippen molar-refractivity contribution in [3.05, 3.63) is 63.6 Å². The minimum atomic E-state index is -0.809. The van der Waals surface area contributed by atoms with Crippen molar-refractivity contribution in [3.8, 4) is 0 Å². The maximum Gasteiger partial charge on any atom is 0.328 e. The highest BCUT2D eigenvalue weighted by molar-refractivity contribution is 6.40. The van der Waals surface area contributed by atoms with Crippen LogP contribution in [0, 0.1) is 11.8 Å². The third-order valence-electron chi connectivity index (χ3n) is 5.94. The molecule has 0 aromatic heterocycles. The molecule has 0 bridgehead atoms. The minimum Gasteiger partial charge on any atom is -0.467 e. The lowest BCUT2D eigenvalue weighted by atomic mass is 10.0. The van der Waals surface area contributed by atoms with Crippen LogP contribution in [0.25, 0.3) is 0 Å². The summed E-state index contributed by atoms with van der Waals surface area (Å²) in [7, 11) is 1.29. The molecule has 3 rings (SSSR count). The Morgan fingerprint density at radius 1 is 1.12 bits per heavy atom. The summed E-state index contributed by atoms with van der Waals surface area (Å²) in [6, 6.07) is 11.0. The van der Waals surface area contributed by atoms with Gasteiger partial charge in [0.1, 0.15) is 6.04 Å². The number of amides is 2.